The molecule has 3 aromatic heterocycles. The van der Waals surface area contributed by atoms with E-state index in [9.17, 15) is 9.59 Å². The van der Waals surface area contributed by atoms with Crippen molar-refractivity contribution in [3.05, 3.63) is 52.2 Å². The number of carbonyl (C=O) groups is 1. The SMILES string of the molecule is O=C(NCCN1CCCC1)c1c(=O)c2ccc(N3CCCC3)nc2n2c1sc1ccccc12. The minimum Gasteiger partial charge on any atom is -0.357 e. The van der Waals surface area contributed by atoms with Gasteiger partial charge in [-0.15, -0.1) is 11.3 Å². The monoisotopic (exact) mass is 461 g/mol. The van der Waals surface area contributed by atoms with Gasteiger partial charge in [-0.2, -0.15) is 0 Å². The fourth-order valence-corrected chi connectivity index (χ4v) is 6.31. The molecule has 2 aliphatic heterocycles. The molecule has 2 aliphatic rings. The predicted molar refractivity (Wildman–Crippen MR) is 134 cm³/mol. The number of benzene rings is 1. The molecule has 8 heteroatoms. The van der Waals surface area contributed by atoms with Crippen molar-refractivity contribution >= 4 is 49.1 Å². The molecule has 1 N–H and O–H groups in total. The standard InChI is InChI=1S/C25H27N5O2S/c31-22-17-9-10-20(29-14-5-6-15-29)27-23(17)30-18-7-1-2-8-19(18)33-25(30)21(22)24(32)26-11-16-28-12-3-4-13-28/h1-2,7-10H,3-6,11-16H2,(H,26,32). The molecule has 4 aromatic rings. The molecule has 0 bridgehead atoms. The highest BCUT2D eigenvalue weighted by Crippen LogP contribution is 2.31. The summed E-state index contributed by atoms with van der Waals surface area (Å²) in [6.45, 7) is 5.49. The Morgan fingerprint density at radius 3 is 2.58 bits per heavy atom. The van der Waals surface area contributed by atoms with Crippen LogP contribution in [0.2, 0.25) is 0 Å². The average Bonchev–Trinajstić information content (AvgIpc) is 3.59. The van der Waals surface area contributed by atoms with Crippen molar-refractivity contribution in [3.63, 3.8) is 0 Å². The highest BCUT2D eigenvalue weighted by molar-refractivity contribution is 7.24. The maximum Gasteiger partial charge on any atom is 0.258 e. The molecule has 0 spiro atoms. The van der Waals surface area contributed by atoms with Gasteiger partial charge in [-0.05, 0) is 63.0 Å². The number of likely N-dealkylation sites (tertiary alicyclic amines) is 1. The molecule has 170 valence electrons. The summed E-state index contributed by atoms with van der Waals surface area (Å²) in [6, 6.07) is 11.8. The Morgan fingerprint density at radius 1 is 1.00 bits per heavy atom. The Hall–Kier alpha value is -2.97. The van der Waals surface area contributed by atoms with Crippen molar-refractivity contribution in [3.8, 4) is 0 Å². The van der Waals surface area contributed by atoms with Crippen LogP contribution in [0.3, 0.4) is 0 Å². The number of nitrogens with one attached hydrogen (secondary N) is 1. The van der Waals surface area contributed by atoms with Gasteiger partial charge in [-0.1, -0.05) is 12.1 Å². The molecule has 5 heterocycles. The highest BCUT2D eigenvalue weighted by Gasteiger charge is 2.24. The molecule has 7 nitrogen and oxygen atoms in total. The molecule has 0 radical (unpaired) electrons. The first kappa shape index (κ1) is 20.6. The summed E-state index contributed by atoms with van der Waals surface area (Å²) >= 11 is 1.48. The number of para-hydroxylation sites is 1. The largest absolute Gasteiger partial charge is 0.357 e. The maximum atomic E-state index is 13.6. The van der Waals surface area contributed by atoms with Crippen LogP contribution < -0.4 is 15.6 Å². The zero-order chi connectivity index (χ0) is 22.4. The maximum absolute atomic E-state index is 13.6. The second-order valence-electron chi connectivity index (χ2n) is 8.95. The molecule has 1 amide bonds. The molecule has 6 rings (SSSR count). The summed E-state index contributed by atoms with van der Waals surface area (Å²) in [5.41, 5.74) is 1.58. The Balaban J connectivity index is 1.48. The number of carbonyl (C=O) groups excluding carboxylic acids is 1. The van der Waals surface area contributed by atoms with E-state index in [2.05, 4.69) is 15.1 Å². The van der Waals surface area contributed by atoms with Crippen molar-refractivity contribution in [2.24, 2.45) is 0 Å². The van der Waals surface area contributed by atoms with Crippen molar-refractivity contribution in [1.82, 2.24) is 19.6 Å². The first-order valence-corrected chi connectivity index (χ1v) is 12.6. The summed E-state index contributed by atoms with van der Waals surface area (Å²) < 4.78 is 3.04. The van der Waals surface area contributed by atoms with E-state index in [1.807, 2.05) is 40.8 Å². The lowest BCUT2D eigenvalue weighted by atomic mass is 10.1. The molecule has 0 saturated carbocycles. The van der Waals surface area contributed by atoms with Gasteiger partial charge in [0.25, 0.3) is 5.91 Å². The van der Waals surface area contributed by atoms with E-state index in [0.29, 0.717) is 22.4 Å². The second-order valence-corrected chi connectivity index (χ2v) is 9.98. The van der Waals surface area contributed by atoms with Gasteiger partial charge in [0.05, 0.1) is 15.6 Å². The van der Waals surface area contributed by atoms with Crippen LogP contribution in [0, 0.1) is 0 Å². The van der Waals surface area contributed by atoms with Crippen LogP contribution in [0.15, 0.2) is 41.2 Å². The third-order valence-corrected chi connectivity index (χ3v) is 7.99. The van der Waals surface area contributed by atoms with E-state index in [4.69, 9.17) is 4.98 Å². The van der Waals surface area contributed by atoms with E-state index in [-0.39, 0.29) is 16.9 Å². The first-order chi connectivity index (χ1) is 16.2. The lowest BCUT2D eigenvalue weighted by Crippen LogP contribution is -2.35. The number of pyridine rings is 2. The number of amides is 1. The van der Waals surface area contributed by atoms with Gasteiger partial charge < -0.3 is 15.1 Å². The third-order valence-electron chi connectivity index (χ3n) is 6.84. The zero-order valence-corrected chi connectivity index (χ0v) is 19.4. The number of aromatic nitrogens is 2. The van der Waals surface area contributed by atoms with Crippen LogP contribution in [-0.4, -0.2) is 59.5 Å². The third kappa shape index (κ3) is 3.57. The van der Waals surface area contributed by atoms with Crippen molar-refractivity contribution in [1.29, 1.82) is 0 Å². The van der Waals surface area contributed by atoms with Gasteiger partial charge in [0.15, 0.2) is 5.65 Å². The molecule has 33 heavy (non-hydrogen) atoms. The Bertz CT molecular complexity index is 1410. The average molecular weight is 462 g/mol. The summed E-state index contributed by atoms with van der Waals surface area (Å²) in [5.74, 6) is 0.597. The quantitative estimate of drug-likeness (QED) is 0.493. The summed E-state index contributed by atoms with van der Waals surface area (Å²) in [5, 5.41) is 3.50. The molecule has 2 fully saturated rings. The summed E-state index contributed by atoms with van der Waals surface area (Å²) in [7, 11) is 0. The Labute approximate surface area is 195 Å². The normalized spacial score (nSPS) is 17.0. The topological polar surface area (TPSA) is 70.0 Å². The first-order valence-electron chi connectivity index (χ1n) is 11.8. The predicted octanol–water partition coefficient (Wildman–Crippen LogP) is 3.49. The molecule has 0 unspecified atom stereocenters. The number of nitrogens with zero attached hydrogens (tertiary/aromatic N) is 4. The van der Waals surface area contributed by atoms with Gasteiger partial charge in [-0.25, -0.2) is 4.98 Å². The minimum atomic E-state index is -0.297. The fraction of sp³-hybridized carbons (Fsp3) is 0.400. The van der Waals surface area contributed by atoms with Crippen molar-refractivity contribution in [2.75, 3.05) is 44.2 Å². The van der Waals surface area contributed by atoms with Crippen molar-refractivity contribution < 1.29 is 4.79 Å². The minimum absolute atomic E-state index is 0.223. The molecular weight excluding hydrogens is 434 g/mol. The van der Waals surface area contributed by atoms with Gasteiger partial charge in [0.1, 0.15) is 16.2 Å². The number of rotatable bonds is 5. The van der Waals surface area contributed by atoms with Crippen LogP contribution >= 0.6 is 11.3 Å². The number of anilines is 1. The number of hydrogen-bond donors (Lipinski definition) is 1. The Morgan fingerprint density at radius 2 is 1.76 bits per heavy atom. The molecule has 1 aromatic carbocycles. The van der Waals surface area contributed by atoms with E-state index >= 15 is 0 Å². The van der Waals surface area contributed by atoms with Gasteiger partial charge in [-0.3, -0.25) is 14.0 Å². The number of thiazole rings is 1. The molecular formula is C25H27N5O2S. The Kier molecular flexibility index (Phi) is 5.27. The van der Waals surface area contributed by atoms with Crippen LogP contribution in [0.5, 0.6) is 0 Å². The van der Waals surface area contributed by atoms with Crippen LogP contribution in [0.4, 0.5) is 5.82 Å². The summed E-state index contributed by atoms with van der Waals surface area (Å²) in [6.07, 6.45) is 4.75. The number of fused-ring (bicyclic) bond motifs is 5. The lowest BCUT2D eigenvalue weighted by Gasteiger charge is -2.17. The van der Waals surface area contributed by atoms with Gasteiger partial charge in [0, 0.05) is 26.2 Å². The smallest absolute Gasteiger partial charge is 0.258 e. The molecule has 2 saturated heterocycles. The van der Waals surface area contributed by atoms with Gasteiger partial charge in [0.2, 0.25) is 5.43 Å². The molecule has 0 atom stereocenters. The van der Waals surface area contributed by atoms with Gasteiger partial charge >= 0.3 is 0 Å². The zero-order valence-electron chi connectivity index (χ0n) is 18.5. The second kappa shape index (κ2) is 8.43. The number of hydrogen-bond acceptors (Lipinski definition) is 6. The van der Waals surface area contributed by atoms with Crippen LogP contribution in [-0.2, 0) is 0 Å². The molecule has 0 aliphatic carbocycles. The van der Waals surface area contributed by atoms with E-state index in [0.717, 1.165) is 61.6 Å². The summed E-state index contributed by atoms with van der Waals surface area (Å²) in [4.78, 5) is 37.1. The van der Waals surface area contributed by atoms with E-state index in [1.54, 1.807) is 0 Å². The lowest BCUT2D eigenvalue weighted by molar-refractivity contribution is 0.0950. The van der Waals surface area contributed by atoms with E-state index in [1.165, 1.54) is 24.2 Å². The van der Waals surface area contributed by atoms with E-state index < -0.39 is 0 Å². The van der Waals surface area contributed by atoms with Crippen LogP contribution in [0.1, 0.15) is 36.0 Å². The van der Waals surface area contributed by atoms with Crippen LogP contribution in [0.25, 0.3) is 26.1 Å². The fourth-order valence-electron chi connectivity index (χ4n) is 5.12. The van der Waals surface area contributed by atoms with Crippen molar-refractivity contribution in [2.45, 2.75) is 25.7 Å². The highest BCUT2D eigenvalue weighted by atomic mass is 32.1.